The second kappa shape index (κ2) is 9.09. The van der Waals surface area contributed by atoms with Crippen LogP contribution in [0, 0.1) is 11.7 Å². The zero-order valence-electron chi connectivity index (χ0n) is 16.2. The van der Waals surface area contributed by atoms with Crippen LogP contribution in [-0.4, -0.2) is 32.6 Å². The Labute approximate surface area is 168 Å². The second-order valence-corrected chi connectivity index (χ2v) is 6.98. The minimum absolute atomic E-state index is 0.133. The first-order valence-electron chi connectivity index (χ1n) is 9.21. The maximum absolute atomic E-state index is 13.0. The van der Waals surface area contributed by atoms with Gasteiger partial charge in [-0.3, -0.25) is 9.59 Å². The summed E-state index contributed by atoms with van der Waals surface area (Å²) in [6.45, 7) is 4.27. The highest BCUT2D eigenvalue weighted by Crippen LogP contribution is 2.13. The van der Waals surface area contributed by atoms with Gasteiger partial charge in [-0.25, -0.2) is 14.1 Å². The first-order chi connectivity index (χ1) is 13.9. The second-order valence-electron chi connectivity index (χ2n) is 6.98. The van der Waals surface area contributed by atoms with Crippen molar-refractivity contribution in [3.05, 3.63) is 78.1 Å². The fourth-order valence-electron chi connectivity index (χ4n) is 2.78. The fourth-order valence-corrected chi connectivity index (χ4v) is 2.78. The number of amides is 2. The van der Waals surface area contributed by atoms with Crippen molar-refractivity contribution in [3.8, 4) is 0 Å². The number of carbonyl (C=O) groups is 2. The van der Waals surface area contributed by atoms with Gasteiger partial charge in [-0.1, -0.05) is 26.0 Å². The smallest absolute Gasteiger partial charge is 0.251 e. The van der Waals surface area contributed by atoms with Crippen LogP contribution in [0.15, 0.2) is 61.2 Å². The van der Waals surface area contributed by atoms with Crippen molar-refractivity contribution in [3.63, 3.8) is 0 Å². The maximum Gasteiger partial charge on any atom is 0.251 e. The third-order valence-corrected chi connectivity index (χ3v) is 4.37. The van der Waals surface area contributed by atoms with Gasteiger partial charge in [0.2, 0.25) is 5.91 Å². The Hall–Kier alpha value is -3.55. The van der Waals surface area contributed by atoms with E-state index in [0.717, 1.165) is 5.56 Å². The van der Waals surface area contributed by atoms with Crippen LogP contribution in [0.2, 0.25) is 0 Å². The molecule has 0 saturated heterocycles. The Morgan fingerprint density at radius 3 is 2.34 bits per heavy atom. The van der Waals surface area contributed by atoms with Gasteiger partial charge in [0.1, 0.15) is 24.5 Å². The van der Waals surface area contributed by atoms with Gasteiger partial charge in [-0.05, 0) is 47.9 Å². The molecule has 0 aliphatic rings. The molecule has 3 aromatic rings. The number of hydrogen-bond acceptors (Lipinski definition) is 4. The molecule has 1 heterocycles. The van der Waals surface area contributed by atoms with Crippen molar-refractivity contribution >= 4 is 17.5 Å². The van der Waals surface area contributed by atoms with Gasteiger partial charge < -0.3 is 10.6 Å². The van der Waals surface area contributed by atoms with Gasteiger partial charge in [-0.2, -0.15) is 5.10 Å². The lowest BCUT2D eigenvalue weighted by Crippen LogP contribution is -2.47. The number of halogens is 1. The summed E-state index contributed by atoms with van der Waals surface area (Å²) in [6, 6.07) is 11.8. The Bertz CT molecular complexity index is 954. The third kappa shape index (κ3) is 5.47. The van der Waals surface area contributed by atoms with E-state index in [2.05, 4.69) is 20.7 Å². The predicted octanol–water partition coefficient (Wildman–Crippen LogP) is 2.86. The van der Waals surface area contributed by atoms with E-state index in [9.17, 15) is 14.0 Å². The molecule has 0 saturated carbocycles. The first-order valence-corrected chi connectivity index (χ1v) is 9.21. The SMILES string of the molecule is CC(C)C(NC(=O)c1ccc(F)cc1)C(=O)Nc1ccc(Cn2cncn2)cc1. The standard InChI is InChI=1S/C21H22FN5O2/c1-14(2)19(26-20(28)16-5-7-17(22)8-6-16)21(29)25-18-9-3-15(4-10-18)11-27-13-23-12-24-27/h3-10,12-14,19H,11H2,1-2H3,(H,25,29)(H,26,28). The third-order valence-electron chi connectivity index (χ3n) is 4.37. The van der Waals surface area contributed by atoms with Crippen LogP contribution in [0.4, 0.5) is 10.1 Å². The number of benzene rings is 2. The van der Waals surface area contributed by atoms with Crippen molar-refractivity contribution in [2.45, 2.75) is 26.4 Å². The van der Waals surface area contributed by atoms with Crippen LogP contribution in [0.25, 0.3) is 0 Å². The summed E-state index contributed by atoms with van der Waals surface area (Å²) in [5, 5.41) is 9.61. The largest absolute Gasteiger partial charge is 0.340 e. The van der Waals surface area contributed by atoms with Crippen LogP contribution in [-0.2, 0) is 11.3 Å². The summed E-state index contributed by atoms with van der Waals surface area (Å²) in [4.78, 5) is 29.0. The number of hydrogen-bond donors (Lipinski definition) is 2. The first kappa shape index (κ1) is 20.2. The summed E-state index contributed by atoms with van der Waals surface area (Å²) in [6.07, 6.45) is 3.10. The van der Waals surface area contributed by atoms with Crippen LogP contribution in [0.1, 0.15) is 29.8 Å². The number of aromatic nitrogens is 3. The molecule has 7 nitrogen and oxygen atoms in total. The van der Waals surface area contributed by atoms with Crippen LogP contribution >= 0.6 is 0 Å². The minimum atomic E-state index is -0.734. The molecular formula is C21H22FN5O2. The lowest BCUT2D eigenvalue weighted by atomic mass is 10.0. The Balaban J connectivity index is 1.63. The molecule has 0 aliphatic carbocycles. The number of nitrogens with zero attached hydrogens (tertiary/aromatic N) is 3. The molecule has 1 unspecified atom stereocenters. The van der Waals surface area contributed by atoms with Gasteiger partial charge in [0, 0.05) is 11.3 Å². The van der Waals surface area contributed by atoms with Crippen molar-refractivity contribution < 1.29 is 14.0 Å². The van der Waals surface area contributed by atoms with Gasteiger partial charge >= 0.3 is 0 Å². The lowest BCUT2D eigenvalue weighted by Gasteiger charge is -2.22. The molecule has 0 radical (unpaired) electrons. The summed E-state index contributed by atoms with van der Waals surface area (Å²) in [5.74, 6) is -1.31. The summed E-state index contributed by atoms with van der Waals surface area (Å²) < 4.78 is 14.7. The molecule has 0 fully saturated rings. The zero-order chi connectivity index (χ0) is 20.8. The average Bonchev–Trinajstić information content (AvgIpc) is 3.20. The normalized spacial score (nSPS) is 11.9. The number of anilines is 1. The number of rotatable bonds is 7. The quantitative estimate of drug-likeness (QED) is 0.644. The average molecular weight is 395 g/mol. The van der Waals surface area contributed by atoms with E-state index in [1.807, 2.05) is 26.0 Å². The summed E-state index contributed by atoms with van der Waals surface area (Å²) >= 11 is 0. The van der Waals surface area contributed by atoms with Crippen molar-refractivity contribution in [2.24, 2.45) is 5.92 Å². The molecule has 3 rings (SSSR count). The molecular weight excluding hydrogens is 373 g/mol. The topological polar surface area (TPSA) is 88.9 Å². The van der Waals surface area contributed by atoms with Crippen molar-refractivity contribution in [2.75, 3.05) is 5.32 Å². The molecule has 1 aromatic heterocycles. The molecule has 0 spiro atoms. The van der Waals surface area contributed by atoms with Gasteiger partial charge in [0.15, 0.2) is 0 Å². The Kier molecular flexibility index (Phi) is 6.33. The summed E-state index contributed by atoms with van der Waals surface area (Å²) in [5.41, 5.74) is 1.93. The molecule has 2 aromatic carbocycles. The van der Waals surface area contributed by atoms with Gasteiger partial charge in [0.25, 0.3) is 5.91 Å². The van der Waals surface area contributed by atoms with E-state index >= 15 is 0 Å². The van der Waals surface area contributed by atoms with Crippen LogP contribution in [0.5, 0.6) is 0 Å². The maximum atomic E-state index is 13.0. The van der Waals surface area contributed by atoms with E-state index in [0.29, 0.717) is 17.8 Å². The number of carbonyl (C=O) groups excluding carboxylic acids is 2. The van der Waals surface area contributed by atoms with Crippen LogP contribution < -0.4 is 10.6 Å². The molecule has 2 amide bonds. The Morgan fingerprint density at radius 2 is 1.76 bits per heavy atom. The van der Waals surface area contributed by atoms with Crippen molar-refractivity contribution in [1.82, 2.24) is 20.1 Å². The highest BCUT2D eigenvalue weighted by Gasteiger charge is 2.24. The van der Waals surface area contributed by atoms with E-state index in [-0.39, 0.29) is 11.8 Å². The predicted molar refractivity (Wildman–Crippen MR) is 107 cm³/mol. The monoisotopic (exact) mass is 395 g/mol. The number of nitrogens with one attached hydrogen (secondary N) is 2. The fraction of sp³-hybridized carbons (Fsp3) is 0.238. The van der Waals surface area contributed by atoms with Crippen molar-refractivity contribution in [1.29, 1.82) is 0 Å². The van der Waals surface area contributed by atoms with E-state index in [1.165, 1.54) is 30.6 Å². The van der Waals surface area contributed by atoms with E-state index in [4.69, 9.17) is 0 Å². The molecule has 8 heteroatoms. The zero-order valence-corrected chi connectivity index (χ0v) is 16.2. The molecule has 0 bridgehead atoms. The lowest BCUT2D eigenvalue weighted by molar-refractivity contribution is -0.118. The van der Waals surface area contributed by atoms with Gasteiger partial charge in [0.05, 0.1) is 6.54 Å². The Morgan fingerprint density at radius 1 is 1.07 bits per heavy atom. The summed E-state index contributed by atoms with van der Waals surface area (Å²) in [7, 11) is 0. The van der Waals surface area contributed by atoms with E-state index < -0.39 is 17.8 Å². The molecule has 150 valence electrons. The molecule has 29 heavy (non-hydrogen) atoms. The highest BCUT2D eigenvalue weighted by molar-refractivity contribution is 6.01. The highest BCUT2D eigenvalue weighted by atomic mass is 19.1. The minimum Gasteiger partial charge on any atom is -0.340 e. The molecule has 1 atom stereocenters. The molecule has 0 aliphatic heterocycles. The molecule has 2 N–H and O–H groups in total. The van der Waals surface area contributed by atoms with E-state index in [1.54, 1.807) is 23.1 Å². The van der Waals surface area contributed by atoms with Crippen LogP contribution in [0.3, 0.4) is 0 Å². The van der Waals surface area contributed by atoms with Gasteiger partial charge in [-0.15, -0.1) is 0 Å².